The van der Waals surface area contributed by atoms with Gasteiger partial charge >= 0.3 is 11.9 Å². The SMILES string of the molecule is COC(=O)C(OC(=O)c1[nH]c(C)c(C(C)=O)c1C)c1ccccc1. The van der Waals surface area contributed by atoms with E-state index >= 15 is 0 Å². The van der Waals surface area contributed by atoms with E-state index in [1.54, 1.807) is 44.2 Å². The van der Waals surface area contributed by atoms with Gasteiger partial charge in [0, 0.05) is 16.8 Å². The first-order valence-electron chi connectivity index (χ1n) is 7.40. The molecule has 0 amide bonds. The molecule has 0 aliphatic carbocycles. The van der Waals surface area contributed by atoms with Crippen molar-refractivity contribution in [3.8, 4) is 0 Å². The van der Waals surface area contributed by atoms with Crippen LogP contribution in [0.3, 0.4) is 0 Å². The van der Waals surface area contributed by atoms with Gasteiger partial charge in [-0.1, -0.05) is 30.3 Å². The van der Waals surface area contributed by atoms with Crippen LogP contribution in [0.2, 0.25) is 0 Å². The first-order chi connectivity index (χ1) is 11.4. The molecule has 0 fully saturated rings. The van der Waals surface area contributed by atoms with Crippen molar-refractivity contribution >= 4 is 17.7 Å². The van der Waals surface area contributed by atoms with E-state index < -0.39 is 18.0 Å². The van der Waals surface area contributed by atoms with E-state index in [4.69, 9.17) is 9.47 Å². The highest BCUT2D eigenvalue weighted by atomic mass is 16.6. The highest BCUT2D eigenvalue weighted by Crippen LogP contribution is 2.24. The first kappa shape index (κ1) is 17.5. The van der Waals surface area contributed by atoms with Crippen LogP contribution in [0.4, 0.5) is 0 Å². The summed E-state index contributed by atoms with van der Waals surface area (Å²) in [5, 5.41) is 0. The highest BCUT2D eigenvalue weighted by Gasteiger charge is 2.29. The molecular formula is C18H19NO5. The number of methoxy groups -OCH3 is 1. The number of hydrogen-bond donors (Lipinski definition) is 1. The Labute approximate surface area is 139 Å². The molecule has 1 unspecified atom stereocenters. The largest absolute Gasteiger partial charge is 0.466 e. The lowest BCUT2D eigenvalue weighted by molar-refractivity contribution is -0.151. The van der Waals surface area contributed by atoms with Crippen LogP contribution in [-0.2, 0) is 14.3 Å². The number of ketones is 1. The molecule has 126 valence electrons. The van der Waals surface area contributed by atoms with E-state index in [1.807, 2.05) is 0 Å². The number of rotatable bonds is 5. The lowest BCUT2D eigenvalue weighted by Crippen LogP contribution is -2.21. The van der Waals surface area contributed by atoms with Gasteiger partial charge in [-0.3, -0.25) is 4.79 Å². The summed E-state index contributed by atoms with van der Waals surface area (Å²) in [7, 11) is 1.23. The van der Waals surface area contributed by atoms with Gasteiger partial charge in [-0.15, -0.1) is 0 Å². The third-order valence-corrected chi connectivity index (χ3v) is 3.74. The average Bonchev–Trinajstić information content (AvgIpc) is 2.87. The van der Waals surface area contributed by atoms with Crippen molar-refractivity contribution in [3.63, 3.8) is 0 Å². The van der Waals surface area contributed by atoms with Gasteiger partial charge in [-0.05, 0) is 26.3 Å². The number of nitrogens with one attached hydrogen (secondary N) is 1. The van der Waals surface area contributed by atoms with Gasteiger partial charge in [0.2, 0.25) is 6.10 Å². The molecule has 6 heteroatoms. The minimum atomic E-state index is -1.17. The number of aromatic amines is 1. The van der Waals surface area contributed by atoms with Crippen LogP contribution in [0.1, 0.15) is 50.7 Å². The number of esters is 2. The van der Waals surface area contributed by atoms with Gasteiger partial charge in [-0.2, -0.15) is 0 Å². The number of carbonyl (C=O) groups is 3. The standard InChI is InChI=1S/C18H19NO5/c1-10-14(12(3)20)11(2)19-15(10)17(21)24-16(18(22)23-4)13-8-6-5-7-9-13/h5-9,16,19H,1-4H3. The maximum Gasteiger partial charge on any atom is 0.356 e. The Hall–Kier alpha value is -2.89. The lowest BCUT2D eigenvalue weighted by Gasteiger charge is -2.15. The Kier molecular flexibility index (Phi) is 5.18. The number of benzene rings is 1. The summed E-state index contributed by atoms with van der Waals surface area (Å²) in [6, 6.07) is 8.59. The van der Waals surface area contributed by atoms with Crippen LogP contribution >= 0.6 is 0 Å². The summed E-state index contributed by atoms with van der Waals surface area (Å²) in [5.41, 5.74) is 2.20. The summed E-state index contributed by atoms with van der Waals surface area (Å²) in [6.45, 7) is 4.79. The Balaban J connectivity index is 2.34. The molecule has 1 aromatic carbocycles. The fraction of sp³-hybridized carbons (Fsp3) is 0.278. The van der Waals surface area contributed by atoms with E-state index in [2.05, 4.69) is 4.98 Å². The Morgan fingerprint density at radius 3 is 2.21 bits per heavy atom. The van der Waals surface area contributed by atoms with Gasteiger partial charge in [0.25, 0.3) is 0 Å². The number of hydrogen-bond acceptors (Lipinski definition) is 5. The number of ether oxygens (including phenoxy) is 2. The molecule has 2 aromatic rings. The Bertz CT molecular complexity index is 776. The van der Waals surface area contributed by atoms with Crippen LogP contribution in [0.15, 0.2) is 30.3 Å². The van der Waals surface area contributed by atoms with Gasteiger partial charge in [-0.25, -0.2) is 9.59 Å². The van der Waals surface area contributed by atoms with Crippen molar-refractivity contribution < 1.29 is 23.9 Å². The van der Waals surface area contributed by atoms with Crippen molar-refractivity contribution in [2.45, 2.75) is 26.9 Å². The van der Waals surface area contributed by atoms with Gasteiger partial charge in [0.05, 0.1) is 7.11 Å². The topological polar surface area (TPSA) is 85.5 Å². The maximum absolute atomic E-state index is 12.5. The van der Waals surface area contributed by atoms with Crippen LogP contribution in [0.25, 0.3) is 0 Å². The molecule has 1 N–H and O–H groups in total. The zero-order valence-electron chi connectivity index (χ0n) is 14.0. The molecule has 0 bridgehead atoms. The normalized spacial score (nSPS) is 11.7. The summed E-state index contributed by atoms with van der Waals surface area (Å²) >= 11 is 0. The van der Waals surface area contributed by atoms with Crippen molar-refractivity contribution in [1.29, 1.82) is 0 Å². The van der Waals surface area contributed by atoms with Crippen LogP contribution < -0.4 is 0 Å². The third-order valence-electron chi connectivity index (χ3n) is 3.74. The minimum absolute atomic E-state index is 0.145. The number of aromatic nitrogens is 1. The number of H-pyrrole nitrogens is 1. The van der Waals surface area contributed by atoms with Crippen LogP contribution in [0, 0.1) is 13.8 Å². The van der Waals surface area contributed by atoms with Crippen molar-refractivity contribution in [2.24, 2.45) is 0 Å². The van der Waals surface area contributed by atoms with Crippen molar-refractivity contribution in [3.05, 3.63) is 58.4 Å². The second-order valence-electron chi connectivity index (χ2n) is 5.40. The van der Waals surface area contributed by atoms with Gasteiger partial charge in [0.1, 0.15) is 5.69 Å². The van der Waals surface area contributed by atoms with Gasteiger partial charge in [0.15, 0.2) is 5.78 Å². The van der Waals surface area contributed by atoms with Gasteiger partial charge < -0.3 is 14.5 Å². The Morgan fingerprint density at radius 1 is 1.08 bits per heavy atom. The second kappa shape index (κ2) is 7.12. The van der Waals surface area contributed by atoms with E-state index in [-0.39, 0.29) is 11.5 Å². The molecule has 1 atom stereocenters. The lowest BCUT2D eigenvalue weighted by atomic mass is 10.1. The number of carbonyl (C=O) groups excluding carboxylic acids is 3. The fourth-order valence-electron chi connectivity index (χ4n) is 2.64. The molecule has 1 heterocycles. The van der Waals surface area contributed by atoms with Crippen LogP contribution in [-0.4, -0.2) is 29.8 Å². The molecule has 0 spiro atoms. The molecular weight excluding hydrogens is 310 g/mol. The summed E-state index contributed by atoms with van der Waals surface area (Å²) in [5.74, 6) is -1.54. The molecule has 0 radical (unpaired) electrons. The predicted molar refractivity (Wildman–Crippen MR) is 86.9 cm³/mol. The highest BCUT2D eigenvalue weighted by molar-refractivity contribution is 6.01. The molecule has 0 aliphatic heterocycles. The monoisotopic (exact) mass is 329 g/mol. The summed E-state index contributed by atoms with van der Waals surface area (Å²) < 4.78 is 10.1. The smallest absolute Gasteiger partial charge is 0.356 e. The molecule has 0 saturated carbocycles. The van der Waals surface area contributed by atoms with E-state index in [0.717, 1.165) is 0 Å². The molecule has 0 saturated heterocycles. The quantitative estimate of drug-likeness (QED) is 0.673. The number of aryl methyl sites for hydroxylation is 1. The summed E-state index contributed by atoms with van der Waals surface area (Å²) in [6.07, 6.45) is -1.17. The number of Topliss-reactive ketones (excluding diaryl/α,β-unsaturated/α-hetero) is 1. The van der Waals surface area contributed by atoms with E-state index in [9.17, 15) is 14.4 Å². The predicted octanol–water partition coefficient (Wildman–Crippen LogP) is 2.91. The van der Waals surface area contributed by atoms with Crippen LogP contribution in [0.5, 0.6) is 0 Å². The molecule has 2 rings (SSSR count). The van der Waals surface area contributed by atoms with Crippen molar-refractivity contribution in [1.82, 2.24) is 4.98 Å². The van der Waals surface area contributed by atoms with Crippen molar-refractivity contribution in [2.75, 3.05) is 7.11 Å². The van der Waals surface area contributed by atoms with E-state index in [0.29, 0.717) is 22.4 Å². The third kappa shape index (κ3) is 3.37. The Morgan fingerprint density at radius 2 is 1.71 bits per heavy atom. The maximum atomic E-state index is 12.5. The zero-order valence-corrected chi connectivity index (χ0v) is 14.0. The fourth-order valence-corrected chi connectivity index (χ4v) is 2.64. The van der Waals surface area contributed by atoms with E-state index in [1.165, 1.54) is 14.0 Å². The molecule has 6 nitrogen and oxygen atoms in total. The molecule has 24 heavy (non-hydrogen) atoms. The first-order valence-corrected chi connectivity index (χ1v) is 7.40. The molecule has 0 aliphatic rings. The average molecular weight is 329 g/mol. The minimum Gasteiger partial charge on any atom is -0.466 e. The molecule has 1 aromatic heterocycles. The summed E-state index contributed by atoms with van der Waals surface area (Å²) in [4.78, 5) is 39.0. The zero-order chi connectivity index (χ0) is 17.9. The second-order valence-corrected chi connectivity index (χ2v) is 5.40.